The average Bonchev–Trinajstić information content (AvgIpc) is 3.23. The molecule has 18 heavy (non-hydrogen) atoms. The van der Waals surface area contributed by atoms with E-state index in [2.05, 4.69) is 54.5 Å². The van der Waals surface area contributed by atoms with Gasteiger partial charge in [0.1, 0.15) is 0 Å². The summed E-state index contributed by atoms with van der Waals surface area (Å²) in [6.45, 7) is 4.56. The summed E-state index contributed by atoms with van der Waals surface area (Å²) in [6.07, 6.45) is 5.36. The van der Waals surface area contributed by atoms with Crippen molar-refractivity contribution in [2.75, 3.05) is 20.1 Å². The Bertz CT molecular complexity index is 332. The third-order valence-corrected chi connectivity index (χ3v) is 3.77. The van der Waals surface area contributed by atoms with Gasteiger partial charge in [-0.15, -0.1) is 0 Å². The molecule has 0 bridgehead atoms. The van der Waals surface area contributed by atoms with Gasteiger partial charge in [-0.1, -0.05) is 43.7 Å². The van der Waals surface area contributed by atoms with Crippen molar-refractivity contribution >= 4 is 0 Å². The van der Waals surface area contributed by atoms with Crippen molar-refractivity contribution in [3.8, 4) is 0 Å². The van der Waals surface area contributed by atoms with Gasteiger partial charge in [0.25, 0.3) is 0 Å². The third-order valence-electron chi connectivity index (χ3n) is 3.77. The number of benzene rings is 1. The molecule has 0 aromatic heterocycles. The van der Waals surface area contributed by atoms with Gasteiger partial charge in [-0.05, 0) is 38.4 Å². The van der Waals surface area contributed by atoms with Crippen molar-refractivity contribution in [2.45, 2.75) is 44.7 Å². The van der Waals surface area contributed by atoms with E-state index < -0.39 is 0 Å². The zero-order valence-electron chi connectivity index (χ0n) is 11.7. The van der Waals surface area contributed by atoms with Crippen LogP contribution in [0.1, 0.15) is 44.2 Å². The van der Waals surface area contributed by atoms with Gasteiger partial charge in [0.15, 0.2) is 0 Å². The Morgan fingerprint density at radius 2 is 2.00 bits per heavy atom. The van der Waals surface area contributed by atoms with Crippen LogP contribution in [-0.4, -0.2) is 31.1 Å². The van der Waals surface area contributed by atoms with Crippen LogP contribution in [-0.2, 0) is 0 Å². The Kier molecular flexibility index (Phi) is 5.21. The molecule has 1 N–H and O–H groups in total. The number of nitrogens with one attached hydrogen (secondary N) is 1. The molecule has 1 aromatic rings. The van der Waals surface area contributed by atoms with Crippen molar-refractivity contribution in [3.05, 3.63) is 35.9 Å². The fourth-order valence-corrected chi connectivity index (χ4v) is 2.63. The fourth-order valence-electron chi connectivity index (χ4n) is 2.63. The molecule has 1 unspecified atom stereocenters. The minimum absolute atomic E-state index is 0.537. The summed E-state index contributed by atoms with van der Waals surface area (Å²) in [5.41, 5.74) is 1.45. The maximum absolute atomic E-state index is 3.36. The fraction of sp³-hybridized carbons (Fsp3) is 0.625. The van der Waals surface area contributed by atoms with E-state index in [1.165, 1.54) is 37.8 Å². The lowest BCUT2D eigenvalue weighted by Crippen LogP contribution is -2.37. The summed E-state index contributed by atoms with van der Waals surface area (Å²) in [5.74, 6) is 0. The van der Waals surface area contributed by atoms with Crippen LogP contribution in [0.2, 0.25) is 0 Å². The third kappa shape index (κ3) is 3.56. The molecule has 0 aliphatic heterocycles. The molecule has 1 aliphatic rings. The van der Waals surface area contributed by atoms with Gasteiger partial charge in [-0.25, -0.2) is 0 Å². The Morgan fingerprint density at radius 1 is 1.28 bits per heavy atom. The highest BCUT2D eigenvalue weighted by Gasteiger charge is 2.33. The molecule has 1 fully saturated rings. The summed E-state index contributed by atoms with van der Waals surface area (Å²) in [7, 11) is 2.06. The smallest absolute Gasteiger partial charge is 0.0475 e. The molecule has 0 heterocycles. The van der Waals surface area contributed by atoms with Crippen LogP contribution in [0.3, 0.4) is 0 Å². The maximum atomic E-state index is 3.36. The largest absolute Gasteiger partial charge is 0.318 e. The summed E-state index contributed by atoms with van der Waals surface area (Å²) in [6, 6.07) is 12.3. The van der Waals surface area contributed by atoms with Gasteiger partial charge in [-0.3, -0.25) is 4.90 Å². The van der Waals surface area contributed by atoms with Crippen LogP contribution in [0.15, 0.2) is 30.3 Å². The first-order chi connectivity index (χ1) is 8.86. The second-order valence-electron chi connectivity index (χ2n) is 5.31. The van der Waals surface area contributed by atoms with E-state index in [9.17, 15) is 0 Å². The summed E-state index contributed by atoms with van der Waals surface area (Å²) >= 11 is 0. The van der Waals surface area contributed by atoms with E-state index in [4.69, 9.17) is 0 Å². The topological polar surface area (TPSA) is 15.3 Å². The maximum Gasteiger partial charge on any atom is 0.0475 e. The number of rotatable bonds is 8. The molecule has 100 valence electrons. The number of nitrogens with zero attached hydrogens (tertiary/aromatic N) is 1. The second kappa shape index (κ2) is 6.91. The minimum atomic E-state index is 0.537. The Morgan fingerprint density at radius 3 is 2.56 bits per heavy atom. The number of hydrogen-bond donors (Lipinski definition) is 1. The average molecular weight is 246 g/mol. The van der Waals surface area contributed by atoms with Crippen LogP contribution >= 0.6 is 0 Å². The summed E-state index contributed by atoms with van der Waals surface area (Å²) < 4.78 is 0. The highest BCUT2D eigenvalue weighted by molar-refractivity contribution is 5.20. The summed E-state index contributed by atoms with van der Waals surface area (Å²) in [4.78, 5) is 2.72. The van der Waals surface area contributed by atoms with Crippen molar-refractivity contribution in [2.24, 2.45) is 0 Å². The van der Waals surface area contributed by atoms with Crippen LogP contribution < -0.4 is 5.32 Å². The van der Waals surface area contributed by atoms with E-state index in [1.54, 1.807) is 0 Å². The number of unbranched alkanes of at least 4 members (excludes halogenated alkanes) is 1. The van der Waals surface area contributed by atoms with Crippen LogP contribution in [0.4, 0.5) is 0 Å². The normalized spacial score (nSPS) is 17.1. The Hall–Kier alpha value is -0.860. The molecule has 0 radical (unpaired) electrons. The standard InChI is InChI=1S/C16H26N2/c1-3-4-12-18(15-10-11-15)16(13-17-2)14-8-6-5-7-9-14/h5-9,15-17H,3-4,10-13H2,1-2H3. The first kappa shape index (κ1) is 13.6. The van der Waals surface area contributed by atoms with Crippen molar-refractivity contribution in [3.63, 3.8) is 0 Å². The predicted molar refractivity (Wildman–Crippen MR) is 77.7 cm³/mol. The Balaban J connectivity index is 2.10. The molecule has 2 nitrogen and oxygen atoms in total. The molecule has 0 saturated heterocycles. The first-order valence-corrected chi connectivity index (χ1v) is 7.32. The number of likely N-dealkylation sites (N-methyl/N-ethyl adjacent to an activating group) is 1. The monoisotopic (exact) mass is 246 g/mol. The molecular weight excluding hydrogens is 220 g/mol. The highest BCUT2D eigenvalue weighted by Crippen LogP contribution is 2.34. The van der Waals surface area contributed by atoms with Crippen LogP contribution in [0.5, 0.6) is 0 Å². The molecule has 0 spiro atoms. The molecule has 2 rings (SSSR count). The quantitative estimate of drug-likeness (QED) is 0.757. The zero-order valence-corrected chi connectivity index (χ0v) is 11.7. The minimum Gasteiger partial charge on any atom is -0.318 e. The van der Waals surface area contributed by atoms with Crippen LogP contribution in [0, 0.1) is 0 Å². The van der Waals surface area contributed by atoms with Crippen LogP contribution in [0.25, 0.3) is 0 Å². The van der Waals surface area contributed by atoms with E-state index in [0.29, 0.717) is 6.04 Å². The van der Waals surface area contributed by atoms with Gasteiger partial charge in [-0.2, -0.15) is 0 Å². The van der Waals surface area contributed by atoms with Gasteiger partial charge >= 0.3 is 0 Å². The van der Waals surface area contributed by atoms with Gasteiger partial charge < -0.3 is 5.32 Å². The lowest BCUT2D eigenvalue weighted by atomic mass is 10.0. The number of hydrogen-bond acceptors (Lipinski definition) is 2. The first-order valence-electron chi connectivity index (χ1n) is 7.32. The lowest BCUT2D eigenvalue weighted by Gasteiger charge is -2.32. The molecule has 2 heteroatoms. The van der Waals surface area contributed by atoms with Gasteiger partial charge in [0.2, 0.25) is 0 Å². The molecule has 0 amide bonds. The zero-order chi connectivity index (χ0) is 12.8. The van der Waals surface area contributed by atoms with Gasteiger partial charge in [0.05, 0.1) is 0 Å². The molecule has 1 saturated carbocycles. The van der Waals surface area contributed by atoms with E-state index in [1.807, 2.05) is 0 Å². The SMILES string of the molecule is CCCCN(C1CC1)C(CNC)c1ccccc1. The highest BCUT2D eigenvalue weighted by atomic mass is 15.2. The molecule has 1 atom stereocenters. The Labute approximate surface area is 111 Å². The summed E-state index contributed by atoms with van der Waals surface area (Å²) in [5, 5.41) is 3.36. The molecule has 1 aromatic carbocycles. The molecular formula is C16H26N2. The van der Waals surface area contributed by atoms with Crippen molar-refractivity contribution in [1.82, 2.24) is 10.2 Å². The van der Waals surface area contributed by atoms with E-state index in [0.717, 1.165) is 12.6 Å². The predicted octanol–water partition coefficient (Wildman–Crippen LogP) is 3.21. The second-order valence-corrected chi connectivity index (χ2v) is 5.31. The van der Waals surface area contributed by atoms with E-state index >= 15 is 0 Å². The molecule has 1 aliphatic carbocycles. The van der Waals surface area contributed by atoms with Gasteiger partial charge in [0, 0.05) is 18.6 Å². The van der Waals surface area contributed by atoms with Crippen molar-refractivity contribution < 1.29 is 0 Å². The lowest BCUT2D eigenvalue weighted by molar-refractivity contribution is 0.182. The van der Waals surface area contributed by atoms with Crippen molar-refractivity contribution in [1.29, 1.82) is 0 Å². The van der Waals surface area contributed by atoms with E-state index in [-0.39, 0.29) is 0 Å².